The fourth-order valence-corrected chi connectivity index (χ4v) is 3.44. The van der Waals surface area contributed by atoms with Gasteiger partial charge in [-0.05, 0) is 19.4 Å². The van der Waals surface area contributed by atoms with E-state index in [1.807, 2.05) is 26.0 Å². The number of nitrogens with zero attached hydrogens (tertiary/aromatic N) is 4. The Morgan fingerprint density at radius 1 is 1.11 bits per heavy atom. The Kier molecular flexibility index (Phi) is 5.33. The van der Waals surface area contributed by atoms with Gasteiger partial charge in [0, 0.05) is 28.7 Å². The standard InChI is InChI=1S/C22H20N4O2/c1-14-19(10-23)21(16-6-8-18(24-3)9-7-16)15(2)26(14)13-17-11-25-12-20(27-4)22(17)28-5/h6-9,11-12H,13H2,1-2,4-5H3. The van der Waals surface area contributed by atoms with E-state index in [4.69, 9.17) is 16.0 Å². The monoisotopic (exact) mass is 372 g/mol. The molecule has 0 amide bonds. The molecule has 0 aliphatic rings. The lowest BCUT2D eigenvalue weighted by atomic mass is 10.0. The van der Waals surface area contributed by atoms with Crippen molar-refractivity contribution < 1.29 is 9.47 Å². The third kappa shape index (κ3) is 3.17. The molecule has 0 bridgehead atoms. The fraction of sp³-hybridized carbons (Fsp3) is 0.227. The van der Waals surface area contributed by atoms with Crippen molar-refractivity contribution in [1.82, 2.24) is 9.55 Å². The van der Waals surface area contributed by atoms with Crippen LogP contribution in [0.2, 0.25) is 0 Å². The summed E-state index contributed by atoms with van der Waals surface area (Å²) in [5.74, 6) is 1.20. The zero-order valence-electron chi connectivity index (χ0n) is 16.3. The molecule has 0 saturated heterocycles. The molecule has 1 aromatic carbocycles. The zero-order chi connectivity index (χ0) is 20.3. The highest BCUT2D eigenvalue weighted by Crippen LogP contribution is 2.35. The van der Waals surface area contributed by atoms with E-state index in [1.165, 1.54) is 0 Å². The maximum absolute atomic E-state index is 9.78. The summed E-state index contributed by atoms with van der Waals surface area (Å²) in [5.41, 5.74) is 5.70. The van der Waals surface area contributed by atoms with Gasteiger partial charge in [-0.15, -0.1) is 0 Å². The number of hydrogen-bond donors (Lipinski definition) is 0. The number of pyridine rings is 1. The van der Waals surface area contributed by atoms with E-state index in [9.17, 15) is 5.26 Å². The summed E-state index contributed by atoms with van der Waals surface area (Å²) in [5, 5.41) is 9.78. The Bertz CT molecular complexity index is 1100. The molecule has 0 saturated carbocycles. The van der Waals surface area contributed by atoms with Gasteiger partial charge in [-0.3, -0.25) is 4.98 Å². The van der Waals surface area contributed by atoms with E-state index in [0.717, 1.165) is 28.1 Å². The lowest BCUT2D eigenvalue weighted by Crippen LogP contribution is -2.07. The Morgan fingerprint density at radius 3 is 2.39 bits per heavy atom. The van der Waals surface area contributed by atoms with Crippen molar-refractivity contribution in [2.45, 2.75) is 20.4 Å². The lowest BCUT2D eigenvalue weighted by Gasteiger charge is -2.15. The second-order valence-corrected chi connectivity index (χ2v) is 6.31. The van der Waals surface area contributed by atoms with Gasteiger partial charge in [0.25, 0.3) is 0 Å². The maximum atomic E-state index is 9.78. The number of rotatable bonds is 5. The first kappa shape index (κ1) is 19.0. The molecular formula is C22H20N4O2. The molecule has 6 nitrogen and oxygen atoms in total. The second-order valence-electron chi connectivity index (χ2n) is 6.31. The molecule has 6 heteroatoms. The Morgan fingerprint density at radius 2 is 1.82 bits per heavy atom. The topological polar surface area (TPSA) is 64.4 Å². The summed E-state index contributed by atoms with van der Waals surface area (Å²) >= 11 is 0. The molecule has 28 heavy (non-hydrogen) atoms. The largest absolute Gasteiger partial charge is 0.492 e. The van der Waals surface area contributed by atoms with Crippen molar-refractivity contribution in [3.8, 4) is 28.7 Å². The average molecular weight is 372 g/mol. The average Bonchev–Trinajstić information content (AvgIpc) is 2.97. The van der Waals surface area contributed by atoms with E-state index in [1.54, 1.807) is 38.7 Å². The third-order valence-electron chi connectivity index (χ3n) is 4.87. The van der Waals surface area contributed by atoms with Gasteiger partial charge in [-0.2, -0.15) is 5.26 Å². The molecule has 0 radical (unpaired) electrons. The normalized spacial score (nSPS) is 10.2. The van der Waals surface area contributed by atoms with Crippen LogP contribution < -0.4 is 9.47 Å². The van der Waals surface area contributed by atoms with Crippen LogP contribution in [0, 0.1) is 31.8 Å². The van der Waals surface area contributed by atoms with Gasteiger partial charge in [0.05, 0.1) is 39.1 Å². The van der Waals surface area contributed by atoms with Gasteiger partial charge in [0.2, 0.25) is 0 Å². The molecule has 0 fully saturated rings. The van der Waals surface area contributed by atoms with Crippen LogP contribution in [0.3, 0.4) is 0 Å². The second kappa shape index (κ2) is 7.85. The molecule has 0 N–H and O–H groups in total. The molecule has 0 aliphatic heterocycles. The highest BCUT2D eigenvalue weighted by molar-refractivity contribution is 5.76. The van der Waals surface area contributed by atoms with Crippen molar-refractivity contribution >= 4 is 5.69 Å². The van der Waals surface area contributed by atoms with Crippen molar-refractivity contribution in [3.63, 3.8) is 0 Å². The summed E-state index contributed by atoms with van der Waals surface area (Å²) in [6.07, 6.45) is 3.36. The quantitative estimate of drug-likeness (QED) is 0.611. The number of hydrogen-bond acceptors (Lipinski definition) is 4. The molecule has 140 valence electrons. The fourth-order valence-electron chi connectivity index (χ4n) is 3.44. The Balaban J connectivity index is 2.13. The highest BCUT2D eigenvalue weighted by Gasteiger charge is 2.21. The first-order valence-corrected chi connectivity index (χ1v) is 8.68. The van der Waals surface area contributed by atoms with Gasteiger partial charge in [-0.25, -0.2) is 4.85 Å². The van der Waals surface area contributed by atoms with E-state index in [-0.39, 0.29) is 0 Å². The molecule has 2 heterocycles. The summed E-state index contributed by atoms with van der Waals surface area (Å²) in [4.78, 5) is 7.67. The third-order valence-corrected chi connectivity index (χ3v) is 4.87. The predicted octanol–water partition coefficient (Wildman–Crippen LogP) is 4.65. The molecule has 0 spiro atoms. The minimum atomic E-state index is 0.500. The minimum Gasteiger partial charge on any atom is -0.492 e. The van der Waals surface area contributed by atoms with Crippen molar-refractivity contribution in [2.24, 2.45) is 0 Å². The van der Waals surface area contributed by atoms with Crippen LogP contribution in [0.1, 0.15) is 22.5 Å². The molecule has 3 rings (SSSR count). The van der Waals surface area contributed by atoms with Gasteiger partial charge >= 0.3 is 0 Å². The molecule has 0 unspecified atom stereocenters. The molecular weight excluding hydrogens is 352 g/mol. The predicted molar refractivity (Wildman–Crippen MR) is 107 cm³/mol. The van der Waals surface area contributed by atoms with Crippen LogP contribution in [0.25, 0.3) is 16.0 Å². The number of aromatic nitrogens is 2. The first-order valence-electron chi connectivity index (χ1n) is 8.68. The minimum absolute atomic E-state index is 0.500. The zero-order valence-corrected chi connectivity index (χ0v) is 16.3. The maximum Gasteiger partial charge on any atom is 0.187 e. The van der Waals surface area contributed by atoms with Crippen LogP contribution >= 0.6 is 0 Å². The smallest absolute Gasteiger partial charge is 0.187 e. The molecule has 2 aromatic heterocycles. The van der Waals surface area contributed by atoms with Crippen molar-refractivity contribution in [2.75, 3.05) is 14.2 Å². The SMILES string of the molecule is [C-]#[N+]c1ccc(-c2c(C#N)c(C)n(Cc3cncc(OC)c3OC)c2C)cc1. The summed E-state index contributed by atoms with van der Waals surface area (Å²) in [7, 11) is 3.18. The van der Waals surface area contributed by atoms with Gasteiger partial charge < -0.3 is 14.0 Å². The van der Waals surface area contributed by atoms with Gasteiger partial charge in [0.15, 0.2) is 17.2 Å². The van der Waals surface area contributed by atoms with Gasteiger partial charge in [-0.1, -0.05) is 24.3 Å². The number of methoxy groups -OCH3 is 2. The van der Waals surface area contributed by atoms with Crippen LogP contribution in [0.15, 0.2) is 36.7 Å². The van der Waals surface area contributed by atoms with Crippen molar-refractivity contribution in [1.29, 1.82) is 5.26 Å². The summed E-state index contributed by atoms with van der Waals surface area (Å²) in [6, 6.07) is 9.64. The van der Waals surface area contributed by atoms with E-state index < -0.39 is 0 Å². The van der Waals surface area contributed by atoms with Crippen LogP contribution in [0.5, 0.6) is 11.5 Å². The summed E-state index contributed by atoms with van der Waals surface area (Å²) < 4.78 is 12.9. The molecule has 0 aliphatic carbocycles. The molecule has 0 atom stereocenters. The number of nitriles is 1. The lowest BCUT2D eigenvalue weighted by molar-refractivity contribution is 0.349. The highest BCUT2D eigenvalue weighted by atomic mass is 16.5. The van der Waals surface area contributed by atoms with Crippen molar-refractivity contribution in [3.05, 3.63) is 70.6 Å². The van der Waals surface area contributed by atoms with Crippen LogP contribution in [0.4, 0.5) is 5.69 Å². The molecule has 3 aromatic rings. The number of ether oxygens (including phenoxy) is 2. The van der Waals surface area contributed by atoms with E-state index >= 15 is 0 Å². The van der Waals surface area contributed by atoms with E-state index in [0.29, 0.717) is 29.3 Å². The Hall–Kier alpha value is -3.77. The Labute approximate surface area is 164 Å². The number of benzene rings is 1. The van der Waals surface area contributed by atoms with Gasteiger partial charge in [0.1, 0.15) is 6.07 Å². The first-order chi connectivity index (χ1) is 13.5. The van der Waals surface area contributed by atoms with E-state index in [2.05, 4.69) is 20.5 Å². The van der Waals surface area contributed by atoms with Crippen LogP contribution in [-0.2, 0) is 6.54 Å². The summed E-state index contributed by atoms with van der Waals surface area (Å²) in [6.45, 7) is 11.5. The van der Waals surface area contributed by atoms with Crippen LogP contribution in [-0.4, -0.2) is 23.8 Å².